The van der Waals surface area contributed by atoms with Gasteiger partial charge in [0.1, 0.15) is 11.5 Å². The molecular weight excluding hydrogens is 580 g/mol. The average molecular weight is 619 g/mol. The Balaban J connectivity index is 1.36. The minimum absolute atomic E-state index is 0.325. The summed E-state index contributed by atoms with van der Waals surface area (Å²) < 4.78 is 20.7. The minimum Gasteiger partial charge on any atom is -0.416 e. The molecule has 4 aliphatic rings. The summed E-state index contributed by atoms with van der Waals surface area (Å²) in [7, 11) is 0. The fourth-order valence-electron chi connectivity index (χ4n) is 9.35. The molecular formula is C43H38O4. The van der Waals surface area contributed by atoms with Crippen LogP contribution >= 0.6 is 0 Å². The van der Waals surface area contributed by atoms with Crippen molar-refractivity contribution in [3.05, 3.63) is 125 Å². The van der Waals surface area contributed by atoms with Crippen LogP contribution in [0.2, 0.25) is 0 Å². The van der Waals surface area contributed by atoms with Crippen molar-refractivity contribution in [3.8, 4) is 22.6 Å². The van der Waals surface area contributed by atoms with Crippen molar-refractivity contribution >= 4 is 33.1 Å². The summed E-state index contributed by atoms with van der Waals surface area (Å²) in [5, 5.41) is 4.32. The Morgan fingerprint density at radius 1 is 0.723 bits per heavy atom. The predicted molar refractivity (Wildman–Crippen MR) is 187 cm³/mol. The summed E-state index contributed by atoms with van der Waals surface area (Å²) in [5.41, 5.74) is 7.17. The molecule has 4 nitrogen and oxygen atoms in total. The molecule has 0 amide bonds. The lowest BCUT2D eigenvalue weighted by atomic mass is 9.52. The third-order valence-corrected chi connectivity index (χ3v) is 12.0. The molecule has 2 heterocycles. The van der Waals surface area contributed by atoms with Crippen LogP contribution in [-0.4, -0.2) is 11.9 Å². The Kier molecular flexibility index (Phi) is 5.80. The summed E-state index contributed by atoms with van der Waals surface area (Å²) in [4.78, 5) is 14.4. The van der Waals surface area contributed by atoms with Crippen LogP contribution in [0.4, 0.5) is 0 Å². The van der Waals surface area contributed by atoms with E-state index in [1.54, 1.807) is 0 Å². The molecule has 0 bridgehead atoms. The summed E-state index contributed by atoms with van der Waals surface area (Å²) in [6, 6.07) is 33.7. The van der Waals surface area contributed by atoms with Gasteiger partial charge >= 0.3 is 11.9 Å². The number of carbonyl (C=O) groups is 1. The van der Waals surface area contributed by atoms with Crippen molar-refractivity contribution in [3.63, 3.8) is 0 Å². The van der Waals surface area contributed by atoms with Crippen molar-refractivity contribution in [1.82, 2.24) is 0 Å². The normalized spacial score (nSPS) is 23.5. The third-order valence-electron chi connectivity index (χ3n) is 12.0. The fourth-order valence-corrected chi connectivity index (χ4v) is 9.35. The maximum absolute atomic E-state index is 14.4. The van der Waals surface area contributed by atoms with Gasteiger partial charge in [-0.05, 0) is 88.1 Å². The number of hydrogen-bond donors (Lipinski definition) is 0. The quantitative estimate of drug-likeness (QED) is 0.175. The van der Waals surface area contributed by atoms with Gasteiger partial charge in [0.05, 0.1) is 11.1 Å². The molecule has 2 atom stereocenters. The third kappa shape index (κ3) is 3.62. The molecule has 2 aliphatic carbocycles. The fraction of sp³-hybridized carbons (Fsp3) is 0.279. The van der Waals surface area contributed by atoms with E-state index in [0.29, 0.717) is 23.0 Å². The molecule has 2 unspecified atom stereocenters. The summed E-state index contributed by atoms with van der Waals surface area (Å²) in [6.07, 6.45) is 3.09. The van der Waals surface area contributed by atoms with Gasteiger partial charge in [0, 0.05) is 22.0 Å². The Labute approximate surface area is 275 Å². The first-order valence-electron chi connectivity index (χ1n) is 16.9. The number of fused-ring (bicyclic) bond motifs is 11. The largest absolute Gasteiger partial charge is 0.447 e. The monoisotopic (exact) mass is 618 g/mol. The number of rotatable bonds is 1. The van der Waals surface area contributed by atoms with Crippen LogP contribution in [0.5, 0.6) is 11.5 Å². The highest BCUT2D eigenvalue weighted by Crippen LogP contribution is 2.67. The molecule has 0 aromatic heterocycles. The zero-order valence-corrected chi connectivity index (χ0v) is 27.6. The van der Waals surface area contributed by atoms with Gasteiger partial charge in [-0.1, -0.05) is 113 Å². The smallest absolute Gasteiger partial charge is 0.416 e. The van der Waals surface area contributed by atoms with Gasteiger partial charge < -0.3 is 14.2 Å². The standard InChI is InChI=1S/C43H38O4/c1-6-26-23-24-42(5)38(32-18-12-11-15-29(26)32)25(2)35-39(41(42,3)4)43(47-40(35)44)45-33-21-19-27-13-7-9-16-30(27)36(33)37-31-17-10-8-14-28(31)20-22-34(37)46-43/h7-22,26H,6,23-24H2,1-5H3. The molecule has 1 spiro atoms. The maximum atomic E-state index is 14.4. The summed E-state index contributed by atoms with van der Waals surface area (Å²) in [5.74, 6) is -0.462. The lowest BCUT2D eigenvalue weighted by Crippen LogP contribution is -2.53. The topological polar surface area (TPSA) is 44.8 Å². The van der Waals surface area contributed by atoms with Gasteiger partial charge in [0.25, 0.3) is 0 Å². The van der Waals surface area contributed by atoms with Crippen LogP contribution in [0.1, 0.15) is 70.9 Å². The molecule has 47 heavy (non-hydrogen) atoms. The van der Waals surface area contributed by atoms with Crippen LogP contribution in [0.15, 0.2) is 114 Å². The molecule has 0 radical (unpaired) electrons. The van der Waals surface area contributed by atoms with Crippen molar-refractivity contribution in [1.29, 1.82) is 0 Å². The van der Waals surface area contributed by atoms with Crippen molar-refractivity contribution in [2.24, 2.45) is 10.8 Å². The van der Waals surface area contributed by atoms with E-state index in [9.17, 15) is 4.79 Å². The average Bonchev–Trinajstić information content (AvgIpc) is 3.18. The van der Waals surface area contributed by atoms with E-state index in [2.05, 4.69) is 120 Å². The van der Waals surface area contributed by atoms with Crippen LogP contribution in [0.3, 0.4) is 0 Å². The molecule has 5 aromatic carbocycles. The Bertz CT molecular complexity index is 2160. The van der Waals surface area contributed by atoms with Crippen LogP contribution in [0.25, 0.3) is 38.2 Å². The van der Waals surface area contributed by atoms with E-state index in [1.165, 1.54) is 16.7 Å². The van der Waals surface area contributed by atoms with Crippen molar-refractivity contribution < 1.29 is 19.0 Å². The van der Waals surface area contributed by atoms with Crippen LogP contribution in [0, 0.1) is 10.8 Å². The highest BCUT2D eigenvalue weighted by Gasteiger charge is 2.67. The summed E-state index contributed by atoms with van der Waals surface area (Å²) in [6.45, 7) is 11.3. The number of benzene rings is 5. The van der Waals surface area contributed by atoms with E-state index in [0.717, 1.165) is 63.1 Å². The van der Waals surface area contributed by atoms with Gasteiger partial charge in [0.2, 0.25) is 0 Å². The SMILES string of the molecule is CCC1CCC2(C)C(=C(C)C3=C(C4(OC3=O)Oc3ccc5ccccc5c3-c3c(ccc5ccccc35)O4)C2(C)C)c2ccccc21. The van der Waals surface area contributed by atoms with Gasteiger partial charge in [-0.25, -0.2) is 4.79 Å². The minimum atomic E-state index is -1.77. The predicted octanol–water partition coefficient (Wildman–Crippen LogP) is 10.7. The first kappa shape index (κ1) is 28.4. The number of ether oxygens (including phenoxy) is 3. The summed E-state index contributed by atoms with van der Waals surface area (Å²) >= 11 is 0. The lowest BCUT2D eigenvalue weighted by Gasteiger charge is -2.52. The molecule has 4 heteroatoms. The molecule has 0 N–H and O–H groups in total. The Morgan fingerprint density at radius 3 is 1.91 bits per heavy atom. The molecule has 9 rings (SSSR count). The van der Waals surface area contributed by atoms with E-state index in [4.69, 9.17) is 14.2 Å². The molecule has 234 valence electrons. The maximum Gasteiger partial charge on any atom is 0.447 e. The van der Waals surface area contributed by atoms with E-state index in [1.807, 2.05) is 12.1 Å². The highest BCUT2D eigenvalue weighted by atomic mass is 16.9. The van der Waals surface area contributed by atoms with Crippen molar-refractivity contribution in [2.75, 3.05) is 0 Å². The first-order valence-corrected chi connectivity index (χ1v) is 16.9. The number of carbonyl (C=O) groups excluding carboxylic acids is 1. The molecule has 0 saturated heterocycles. The van der Waals surface area contributed by atoms with Crippen LogP contribution < -0.4 is 9.47 Å². The second-order valence-corrected chi connectivity index (χ2v) is 14.4. The number of allylic oxidation sites excluding steroid dienone is 1. The van der Waals surface area contributed by atoms with Gasteiger partial charge in [0.15, 0.2) is 0 Å². The molecule has 2 aliphatic heterocycles. The number of hydrogen-bond acceptors (Lipinski definition) is 4. The molecule has 0 saturated carbocycles. The lowest BCUT2D eigenvalue weighted by molar-refractivity contribution is -0.256. The van der Waals surface area contributed by atoms with E-state index >= 15 is 0 Å². The van der Waals surface area contributed by atoms with E-state index in [-0.39, 0.29) is 5.41 Å². The highest BCUT2D eigenvalue weighted by molar-refractivity contribution is 6.10. The van der Waals surface area contributed by atoms with Crippen molar-refractivity contribution in [2.45, 2.75) is 65.8 Å². The van der Waals surface area contributed by atoms with E-state index < -0.39 is 17.4 Å². The molecule has 5 aromatic rings. The Morgan fingerprint density at radius 2 is 1.30 bits per heavy atom. The zero-order chi connectivity index (χ0) is 32.3. The van der Waals surface area contributed by atoms with Gasteiger partial charge in [-0.2, -0.15) is 0 Å². The van der Waals surface area contributed by atoms with Gasteiger partial charge in [-0.3, -0.25) is 0 Å². The Hall–Kier alpha value is -4.83. The first-order chi connectivity index (χ1) is 22.7. The zero-order valence-electron chi connectivity index (χ0n) is 27.6. The van der Waals surface area contributed by atoms with Gasteiger partial charge in [-0.15, -0.1) is 0 Å². The molecule has 0 fully saturated rings. The number of esters is 1. The van der Waals surface area contributed by atoms with Crippen LogP contribution in [-0.2, 0) is 9.53 Å². The second-order valence-electron chi connectivity index (χ2n) is 14.4. The second kappa shape index (κ2) is 9.60.